The van der Waals surface area contributed by atoms with Crippen molar-refractivity contribution in [3.05, 3.63) is 54.5 Å². The van der Waals surface area contributed by atoms with E-state index in [1.54, 1.807) is 23.9 Å². The summed E-state index contributed by atoms with van der Waals surface area (Å²) >= 11 is 0. The fourth-order valence-electron chi connectivity index (χ4n) is 4.29. The average Bonchev–Trinajstić information content (AvgIpc) is 3.25. The van der Waals surface area contributed by atoms with Gasteiger partial charge in [-0.05, 0) is 43.4 Å². The first kappa shape index (κ1) is 23.9. The molecule has 1 aromatic heterocycles. The molecule has 5 rings (SSSR count). The van der Waals surface area contributed by atoms with Crippen LogP contribution in [0.1, 0.15) is 5.82 Å². The van der Waals surface area contributed by atoms with Crippen LogP contribution < -0.4 is 24.6 Å². The van der Waals surface area contributed by atoms with E-state index >= 15 is 0 Å². The van der Waals surface area contributed by atoms with Crippen LogP contribution in [0.25, 0.3) is 6.20 Å². The Bertz CT molecular complexity index is 1360. The van der Waals surface area contributed by atoms with Gasteiger partial charge in [-0.3, -0.25) is 4.72 Å². The molecule has 3 aromatic rings. The van der Waals surface area contributed by atoms with Crippen LogP contribution in [0.15, 0.2) is 48.7 Å². The van der Waals surface area contributed by atoms with Gasteiger partial charge in [0.1, 0.15) is 5.75 Å². The number of piperazine rings is 1. The van der Waals surface area contributed by atoms with Crippen molar-refractivity contribution in [1.29, 1.82) is 0 Å². The quantitative estimate of drug-likeness (QED) is 0.496. The Morgan fingerprint density at radius 3 is 2.39 bits per heavy atom. The van der Waals surface area contributed by atoms with E-state index in [0.29, 0.717) is 18.2 Å². The molecular weight excluding hydrogens is 480 g/mol. The molecule has 12 heteroatoms. The van der Waals surface area contributed by atoms with E-state index in [1.165, 1.54) is 0 Å². The number of nitrogens with one attached hydrogen (secondary N) is 2. The first-order chi connectivity index (χ1) is 17.3. The van der Waals surface area contributed by atoms with Crippen molar-refractivity contribution in [2.45, 2.75) is 6.54 Å². The number of likely N-dealkylation sites (N-methyl/N-ethyl adjacent to an activating group) is 1. The van der Waals surface area contributed by atoms with Crippen molar-refractivity contribution in [1.82, 2.24) is 19.7 Å². The first-order valence-electron chi connectivity index (χ1n) is 11.6. The van der Waals surface area contributed by atoms with Gasteiger partial charge in [0.15, 0.2) is 5.82 Å². The Balaban J connectivity index is 1.27. The zero-order chi connectivity index (χ0) is 25.3. The summed E-state index contributed by atoms with van der Waals surface area (Å²) in [5.74, 6) is 2.09. The lowest BCUT2D eigenvalue weighted by molar-refractivity contribution is 0.311. The van der Waals surface area contributed by atoms with E-state index in [-0.39, 0.29) is 0 Å². The zero-order valence-electron chi connectivity index (χ0n) is 20.5. The molecule has 0 aliphatic carbocycles. The van der Waals surface area contributed by atoms with E-state index < -0.39 is 10.0 Å². The number of fused-ring (bicyclic) bond motifs is 1. The molecule has 0 amide bonds. The van der Waals surface area contributed by atoms with E-state index in [2.05, 4.69) is 43.0 Å². The maximum absolute atomic E-state index is 11.4. The van der Waals surface area contributed by atoms with Crippen molar-refractivity contribution < 1.29 is 13.2 Å². The Kier molecular flexibility index (Phi) is 6.46. The maximum Gasteiger partial charge on any atom is 0.247 e. The van der Waals surface area contributed by atoms with Gasteiger partial charge in [0.05, 0.1) is 25.6 Å². The summed E-state index contributed by atoms with van der Waals surface area (Å²) < 4.78 is 32.8. The molecule has 2 aromatic carbocycles. The lowest BCUT2D eigenvalue weighted by Crippen LogP contribution is -2.44. The van der Waals surface area contributed by atoms with Crippen LogP contribution in [0.2, 0.25) is 0 Å². The molecule has 11 nitrogen and oxygen atoms in total. The topological polar surface area (TPSA) is 108 Å². The molecule has 0 bridgehead atoms. The largest absolute Gasteiger partial charge is 0.495 e. The second kappa shape index (κ2) is 9.70. The minimum atomic E-state index is -3.31. The smallest absolute Gasteiger partial charge is 0.247 e. The summed E-state index contributed by atoms with van der Waals surface area (Å²) in [4.78, 5) is 11.4. The molecule has 3 heterocycles. The highest BCUT2D eigenvalue weighted by Gasteiger charge is 2.20. The zero-order valence-corrected chi connectivity index (χ0v) is 21.4. The molecule has 2 N–H and O–H groups in total. The highest BCUT2D eigenvalue weighted by molar-refractivity contribution is 7.92. The van der Waals surface area contributed by atoms with Crippen molar-refractivity contribution >= 4 is 44.9 Å². The van der Waals surface area contributed by atoms with Gasteiger partial charge in [0.2, 0.25) is 16.0 Å². The number of sulfonamides is 1. The summed E-state index contributed by atoms with van der Waals surface area (Å²) in [5.41, 5.74) is 3.37. The van der Waals surface area contributed by atoms with Gasteiger partial charge < -0.3 is 24.8 Å². The molecule has 36 heavy (non-hydrogen) atoms. The summed E-state index contributed by atoms with van der Waals surface area (Å²) in [7, 11) is 0.520. The Morgan fingerprint density at radius 2 is 1.69 bits per heavy atom. The van der Waals surface area contributed by atoms with E-state index in [1.807, 2.05) is 41.6 Å². The van der Waals surface area contributed by atoms with Crippen molar-refractivity contribution in [2.75, 3.05) is 66.4 Å². The molecule has 0 unspecified atom stereocenters. The second-order valence-electron chi connectivity index (χ2n) is 8.95. The number of hydrogen-bond donors (Lipinski definition) is 2. The normalized spacial score (nSPS) is 16.1. The molecule has 2 aliphatic heterocycles. The van der Waals surface area contributed by atoms with Crippen molar-refractivity contribution in [3.63, 3.8) is 0 Å². The summed E-state index contributed by atoms with van der Waals surface area (Å²) in [5, 5.41) is 7.84. The highest BCUT2D eigenvalue weighted by atomic mass is 32.2. The number of anilines is 5. The molecule has 1 saturated heterocycles. The van der Waals surface area contributed by atoms with Gasteiger partial charge in [-0.25, -0.2) is 13.1 Å². The highest BCUT2D eigenvalue weighted by Crippen LogP contribution is 2.33. The summed E-state index contributed by atoms with van der Waals surface area (Å²) in [6.45, 7) is 4.51. The predicted octanol–water partition coefficient (Wildman–Crippen LogP) is 2.60. The third-order valence-electron chi connectivity index (χ3n) is 6.18. The standard InChI is InChI=1S/C24H30N8O3S/c1-29-10-12-30(13-11-29)21-9-6-19(16-22(21)35-2)25-24-26-23-17-31(14-15-32(23)27-24)20-7-4-18(5-8-20)28-36(3,33)34/h4-9,14-16,28H,10-13,17H2,1-3H3,(H,25,27). The van der Waals surface area contributed by atoms with Crippen LogP contribution in [0.4, 0.5) is 28.7 Å². The molecule has 0 spiro atoms. The fraction of sp³-hybridized carbons (Fsp3) is 0.333. The van der Waals surface area contributed by atoms with Crippen LogP contribution in [0.3, 0.4) is 0 Å². The molecule has 0 atom stereocenters. The van der Waals surface area contributed by atoms with Crippen LogP contribution in [0.5, 0.6) is 5.75 Å². The molecule has 0 saturated carbocycles. The SMILES string of the molecule is COc1cc(Nc2nc3n(n2)C=CN(c2ccc(NS(C)(=O)=O)cc2)C3)ccc1N1CCN(C)CC1. The van der Waals surface area contributed by atoms with Crippen LogP contribution in [0, 0.1) is 0 Å². The van der Waals surface area contributed by atoms with Crippen molar-refractivity contribution in [3.8, 4) is 5.75 Å². The number of nitrogens with zero attached hydrogens (tertiary/aromatic N) is 6. The molecule has 190 valence electrons. The van der Waals surface area contributed by atoms with Gasteiger partial charge in [-0.1, -0.05) is 0 Å². The number of aromatic nitrogens is 3. The van der Waals surface area contributed by atoms with Crippen LogP contribution in [-0.4, -0.2) is 74.7 Å². The first-order valence-corrected chi connectivity index (χ1v) is 13.5. The van der Waals surface area contributed by atoms with Crippen LogP contribution >= 0.6 is 0 Å². The Labute approximate surface area is 211 Å². The third-order valence-corrected chi connectivity index (χ3v) is 6.79. The minimum Gasteiger partial charge on any atom is -0.495 e. The molecule has 1 fully saturated rings. The van der Waals surface area contributed by atoms with E-state index in [0.717, 1.165) is 61.1 Å². The monoisotopic (exact) mass is 510 g/mol. The third kappa shape index (κ3) is 5.39. The number of hydrogen-bond acceptors (Lipinski definition) is 9. The lowest BCUT2D eigenvalue weighted by Gasteiger charge is -2.34. The summed E-state index contributed by atoms with van der Waals surface area (Å²) in [6.07, 6.45) is 4.89. The fourth-order valence-corrected chi connectivity index (χ4v) is 4.85. The van der Waals surface area contributed by atoms with Crippen molar-refractivity contribution in [2.24, 2.45) is 0 Å². The average molecular weight is 511 g/mol. The Hall–Kier alpha value is -3.77. The lowest BCUT2D eigenvalue weighted by atomic mass is 10.2. The van der Waals surface area contributed by atoms with Gasteiger partial charge in [-0.2, -0.15) is 4.98 Å². The van der Waals surface area contributed by atoms with Gasteiger partial charge in [0.25, 0.3) is 0 Å². The van der Waals surface area contributed by atoms with Gasteiger partial charge in [0, 0.05) is 61.7 Å². The van der Waals surface area contributed by atoms with Gasteiger partial charge in [-0.15, -0.1) is 5.10 Å². The molecular formula is C24H30N8O3S. The number of rotatable bonds is 7. The van der Waals surface area contributed by atoms with Crippen LogP contribution in [-0.2, 0) is 16.6 Å². The number of benzene rings is 2. The molecule has 0 radical (unpaired) electrons. The van der Waals surface area contributed by atoms with Gasteiger partial charge >= 0.3 is 0 Å². The number of methoxy groups -OCH3 is 1. The summed E-state index contributed by atoms with van der Waals surface area (Å²) in [6, 6.07) is 13.2. The van der Waals surface area contributed by atoms with E-state index in [9.17, 15) is 8.42 Å². The predicted molar refractivity (Wildman–Crippen MR) is 142 cm³/mol. The Morgan fingerprint density at radius 1 is 0.972 bits per heavy atom. The number of ether oxygens (including phenoxy) is 1. The molecule has 2 aliphatic rings. The maximum atomic E-state index is 11.4. The minimum absolute atomic E-state index is 0.499. The second-order valence-corrected chi connectivity index (χ2v) is 10.7. The van der Waals surface area contributed by atoms with E-state index in [4.69, 9.17) is 4.74 Å².